The summed E-state index contributed by atoms with van der Waals surface area (Å²) in [4.78, 5) is 0. The lowest BCUT2D eigenvalue weighted by Crippen LogP contribution is -2.51. The Bertz CT molecular complexity index is 130. The molecule has 0 aromatic rings. The molecule has 0 N–H and O–H groups in total. The van der Waals surface area contributed by atoms with E-state index in [4.69, 9.17) is 4.74 Å². The van der Waals surface area contributed by atoms with Crippen LogP contribution in [0.25, 0.3) is 0 Å². The Balaban J connectivity index is 3.96. The first-order chi connectivity index (χ1) is 7.24. The zero-order valence-corrected chi connectivity index (χ0v) is 11.2. The van der Waals surface area contributed by atoms with Crippen LogP contribution in [0.4, 0.5) is 0 Å². The summed E-state index contributed by atoms with van der Waals surface area (Å²) in [5, 5.41) is 0. The Morgan fingerprint density at radius 2 is 1.33 bits per heavy atom. The monoisotopic (exact) mass is 216 g/mol. The first-order valence-electron chi connectivity index (χ1n) is 6.67. The maximum atomic E-state index is 5.62. The average Bonchev–Trinajstić information content (AvgIpc) is 2.25. The molecule has 15 heavy (non-hydrogen) atoms. The van der Waals surface area contributed by atoms with Gasteiger partial charge in [-0.2, -0.15) is 0 Å². The molecule has 0 aliphatic heterocycles. The Kier molecular flexibility index (Phi) is 9.12. The predicted octanol–water partition coefficient (Wildman–Crippen LogP) is 3.07. The van der Waals surface area contributed by atoms with Crippen molar-refractivity contribution >= 4 is 0 Å². The minimum atomic E-state index is 0.919. The van der Waals surface area contributed by atoms with Crippen molar-refractivity contribution in [3.05, 3.63) is 0 Å². The fraction of sp³-hybridized carbons (Fsp3) is 1.00. The summed E-state index contributed by atoms with van der Waals surface area (Å²) in [5.41, 5.74) is 0. The molecule has 0 saturated heterocycles. The van der Waals surface area contributed by atoms with Gasteiger partial charge in [-0.15, -0.1) is 0 Å². The molecule has 0 aromatic heterocycles. The van der Waals surface area contributed by atoms with Crippen molar-refractivity contribution in [1.82, 2.24) is 0 Å². The van der Waals surface area contributed by atoms with E-state index < -0.39 is 0 Å². The highest BCUT2D eigenvalue weighted by Gasteiger charge is 2.22. The highest BCUT2D eigenvalue weighted by molar-refractivity contribution is 4.43. The van der Waals surface area contributed by atoms with Gasteiger partial charge in [0.05, 0.1) is 26.2 Å². The van der Waals surface area contributed by atoms with Gasteiger partial charge in [-0.25, -0.2) is 0 Å². The molecule has 0 bridgehead atoms. The molecule has 0 aliphatic carbocycles. The van der Waals surface area contributed by atoms with Crippen LogP contribution in [0.2, 0.25) is 0 Å². The van der Waals surface area contributed by atoms with Crippen LogP contribution in [-0.4, -0.2) is 43.9 Å². The molecule has 0 aromatic carbocycles. The number of quaternary nitrogens is 1. The van der Waals surface area contributed by atoms with E-state index in [1.54, 1.807) is 0 Å². The normalized spacial score (nSPS) is 12.0. The van der Waals surface area contributed by atoms with Gasteiger partial charge in [0.15, 0.2) is 0 Å². The third-order valence-electron chi connectivity index (χ3n) is 3.13. The largest absolute Gasteiger partial charge is 0.376 e. The topological polar surface area (TPSA) is 9.23 Å². The Hall–Kier alpha value is -0.0800. The second kappa shape index (κ2) is 9.17. The molecule has 0 spiro atoms. The molecule has 0 unspecified atom stereocenters. The number of nitrogens with zero attached hydrogens (tertiary/aromatic N) is 1. The van der Waals surface area contributed by atoms with Gasteiger partial charge in [-0.1, -0.05) is 20.8 Å². The molecule has 2 nitrogen and oxygen atoms in total. The van der Waals surface area contributed by atoms with Gasteiger partial charge in [0.25, 0.3) is 0 Å². The molecule has 0 atom stereocenters. The molecular formula is C13H30NO+. The summed E-state index contributed by atoms with van der Waals surface area (Å²) in [6, 6.07) is 0. The van der Waals surface area contributed by atoms with Crippen molar-refractivity contribution in [2.24, 2.45) is 0 Å². The van der Waals surface area contributed by atoms with Gasteiger partial charge in [-0.05, 0) is 26.2 Å². The van der Waals surface area contributed by atoms with Gasteiger partial charge >= 0.3 is 0 Å². The lowest BCUT2D eigenvalue weighted by molar-refractivity contribution is -0.927. The fourth-order valence-electron chi connectivity index (χ4n) is 2.26. The zero-order chi connectivity index (χ0) is 11.6. The van der Waals surface area contributed by atoms with Crippen LogP contribution in [0.15, 0.2) is 0 Å². The third-order valence-corrected chi connectivity index (χ3v) is 3.13. The van der Waals surface area contributed by atoms with Crippen LogP contribution >= 0.6 is 0 Å². The third kappa shape index (κ3) is 6.16. The highest BCUT2D eigenvalue weighted by atomic mass is 16.5. The smallest absolute Gasteiger partial charge is 0.102 e. The molecule has 0 radical (unpaired) electrons. The lowest BCUT2D eigenvalue weighted by atomic mass is 10.2. The van der Waals surface area contributed by atoms with E-state index in [0.717, 1.165) is 19.6 Å². The van der Waals surface area contributed by atoms with E-state index in [9.17, 15) is 0 Å². The molecule has 0 heterocycles. The second-order valence-corrected chi connectivity index (χ2v) is 4.44. The van der Waals surface area contributed by atoms with Crippen LogP contribution in [-0.2, 0) is 4.74 Å². The molecule has 2 heteroatoms. The standard InChI is InChI=1S/C13H30NO/c1-5-9-14(8-4,10-6-2)11-13-15-12-7-3/h5-13H2,1-4H3/q+1. The van der Waals surface area contributed by atoms with Crippen LogP contribution in [0.3, 0.4) is 0 Å². The summed E-state index contributed by atoms with van der Waals surface area (Å²) in [6.07, 6.45) is 3.69. The highest BCUT2D eigenvalue weighted by Crippen LogP contribution is 2.09. The van der Waals surface area contributed by atoms with Crippen LogP contribution in [0.1, 0.15) is 47.0 Å². The van der Waals surface area contributed by atoms with Crippen molar-refractivity contribution in [3.8, 4) is 0 Å². The van der Waals surface area contributed by atoms with Crippen LogP contribution in [0, 0.1) is 0 Å². The minimum Gasteiger partial charge on any atom is -0.376 e. The Morgan fingerprint density at radius 1 is 0.733 bits per heavy atom. The van der Waals surface area contributed by atoms with E-state index >= 15 is 0 Å². The van der Waals surface area contributed by atoms with E-state index in [1.807, 2.05) is 0 Å². The minimum absolute atomic E-state index is 0.919. The van der Waals surface area contributed by atoms with E-state index in [0.29, 0.717) is 0 Å². The molecule has 0 amide bonds. The SMILES string of the molecule is CCCOCC[N+](CC)(CCC)CCC. The maximum Gasteiger partial charge on any atom is 0.102 e. The Labute approximate surface area is 96.2 Å². The second-order valence-electron chi connectivity index (χ2n) is 4.44. The molecule has 0 aliphatic rings. The summed E-state index contributed by atoms with van der Waals surface area (Å²) < 4.78 is 6.86. The molecule has 0 fully saturated rings. The van der Waals surface area contributed by atoms with Crippen LogP contribution in [0.5, 0.6) is 0 Å². The number of likely N-dealkylation sites (N-methyl/N-ethyl adjacent to an activating group) is 1. The molecular weight excluding hydrogens is 186 g/mol. The van der Waals surface area contributed by atoms with Crippen molar-refractivity contribution in [3.63, 3.8) is 0 Å². The van der Waals surface area contributed by atoms with Gasteiger partial charge in [0.2, 0.25) is 0 Å². The summed E-state index contributed by atoms with van der Waals surface area (Å²) >= 11 is 0. The van der Waals surface area contributed by atoms with Crippen molar-refractivity contribution in [2.45, 2.75) is 47.0 Å². The number of rotatable bonds is 10. The van der Waals surface area contributed by atoms with E-state index in [1.165, 1.54) is 43.5 Å². The maximum absolute atomic E-state index is 5.62. The Morgan fingerprint density at radius 3 is 1.73 bits per heavy atom. The van der Waals surface area contributed by atoms with E-state index in [-0.39, 0.29) is 0 Å². The number of hydrogen-bond donors (Lipinski definition) is 0. The van der Waals surface area contributed by atoms with Gasteiger partial charge < -0.3 is 9.22 Å². The predicted molar refractivity (Wildman–Crippen MR) is 67.1 cm³/mol. The summed E-state index contributed by atoms with van der Waals surface area (Å²) in [7, 11) is 0. The van der Waals surface area contributed by atoms with Crippen molar-refractivity contribution in [2.75, 3.05) is 39.4 Å². The van der Waals surface area contributed by atoms with Crippen molar-refractivity contribution in [1.29, 1.82) is 0 Å². The number of ether oxygens (including phenoxy) is 1. The fourth-order valence-corrected chi connectivity index (χ4v) is 2.26. The van der Waals surface area contributed by atoms with Gasteiger partial charge in [0, 0.05) is 6.61 Å². The van der Waals surface area contributed by atoms with Crippen LogP contribution < -0.4 is 0 Å². The molecule has 0 rings (SSSR count). The lowest BCUT2D eigenvalue weighted by Gasteiger charge is -2.37. The zero-order valence-electron chi connectivity index (χ0n) is 11.2. The quantitative estimate of drug-likeness (QED) is 0.403. The van der Waals surface area contributed by atoms with E-state index in [2.05, 4.69) is 27.7 Å². The average molecular weight is 216 g/mol. The molecule has 92 valence electrons. The summed E-state index contributed by atoms with van der Waals surface area (Å²) in [6.45, 7) is 15.9. The van der Waals surface area contributed by atoms with Gasteiger partial charge in [0.1, 0.15) is 6.54 Å². The van der Waals surface area contributed by atoms with Gasteiger partial charge in [-0.3, -0.25) is 0 Å². The summed E-state index contributed by atoms with van der Waals surface area (Å²) in [5.74, 6) is 0. The molecule has 0 saturated carbocycles. The first kappa shape index (κ1) is 14.9. The van der Waals surface area contributed by atoms with Crippen molar-refractivity contribution < 1.29 is 9.22 Å². The first-order valence-corrected chi connectivity index (χ1v) is 6.67. The number of hydrogen-bond acceptors (Lipinski definition) is 1.